The van der Waals surface area contributed by atoms with Crippen LogP contribution in [0.5, 0.6) is 5.75 Å². The lowest BCUT2D eigenvalue weighted by atomic mass is 9.87. The van der Waals surface area contributed by atoms with Crippen LogP contribution in [0.2, 0.25) is 0 Å². The van der Waals surface area contributed by atoms with Crippen molar-refractivity contribution < 1.29 is 9.53 Å². The molecule has 5 nitrogen and oxygen atoms in total. The van der Waals surface area contributed by atoms with Gasteiger partial charge in [0.05, 0.1) is 0 Å². The molecule has 0 fully saturated rings. The highest BCUT2D eigenvalue weighted by Gasteiger charge is 2.14. The third-order valence-electron chi connectivity index (χ3n) is 3.79. The van der Waals surface area contributed by atoms with E-state index in [1.165, 1.54) is 5.56 Å². The molecule has 1 amide bonds. The summed E-state index contributed by atoms with van der Waals surface area (Å²) in [6.45, 7) is 6.39. The molecule has 0 bridgehead atoms. The highest BCUT2D eigenvalue weighted by atomic mass is 32.1. The Morgan fingerprint density at radius 3 is 2.42 bits per heavy atom. The number of carbonyl (C=O) groups excluding carboxylic acids is 1. The normalized spacial score (nSPS) is 11.2. The molecule has 26 heavy (non-hydrogen) atoms. The Labute approximate surface area is 157 Å². The Kier molecular flexibility index (Phi) is 5.32. The molecule has 0 aliphatic heterocycles. The van der Waals surface area contributed by atoms with Gasteiger partial charge in [-0.05, 0) is 23.1 Å². The SMILES string of the molecule is CC(C)(C)c1ccc(OCC(=O)Nc2nc(-c3ccccc3)ns2)cc1. The molecule has 0 saturated heterocycles. The van der Waals surface area contributed by atoms with Crippen LogP contribution in [0.3, 0.4) is 0 Å². The summed E-state index contributed by atoms with van der Waals surface area (Å²) in [5.41, 5.74) is 2.22. The van der Waals surface area contributed by atoms with Crippen LogP contribution in [-0.2, 0) is 10.2 Å². The van der Waals surface area contributed by atoms with Crippen LogP contribution in [0.4, 0.5) is 5.13 Å². The Balaban J connectivity index is 1.54. The molecular weight excluding hydrogens is 346 g/mol. The van der Waals surface area contributed by atoms with Gasteiger partial charge in [0.15, 0.2) is 12.4 Å². The van der Waals surface area contributed by atoms with Crippen LogP contribution in [0.1, 0.15) is 26.3 Å². The van der Waals surface area contributed by atoms with Crippen molar-refractivity contribution in [2.45, 2.75) is 26.2 Å². The summed E-state index contributed by atoms with van der Waals surface area (Å²) >= 11 is 1.15. The minimum atomic E-state index is -0.263. The number of nitrogens with one attached hydrogen (secondary N) is 1. The van der Waals surface area contributed by atoms with Gasteiger partial charge in [0.25, 0.3) is 5.91 Å². The molecule has 0 radical (unpaired) electrons. The van der Waals surface area contributed by atoms with E-state index in [1.807, 2.05) is 54.6 Å². The zero-order chi connectivity index (χ0) is 18.6. The Morgan fingerprint density at radius 1 is 1.08 bits per heavy atom. The lowest BCUT2D eigenvalue weighted by molar-refractivity contribution is -0.118. The van der Waals surface area contributed by atoms with Crippen molar-refractivity contribution in [3.63, 3.8) is 0 Å². The maximum absolute atomic E-state index is 12.1. The maximum Gasteiger partial charge on any atom is 0.264 e. The maximum atomic E-state index is 12.1. The minimum absolute atomic E-state index is 0.0743. The van der Waals surface area contributed by atoms with Crippen molar-refractivity contribution in [1.82, 2.24) is 9.36 Å². The molecule has 134 valence electrons. The molecule has 3 rings (SSSR count). The summed E-state index contributed by atoms with van der Waals surface area (Å²) in [5.74, 6) is 1.00. The van der Waals surface area contributed by atoms with Gasteiger partial charge in [-0.3, -0.25) is 10.1 Å². The third kappa shape index (κ3) is 4.67. The fourth-order valence-corrected chi connectivity index (χ4v) is 2.94. The second-order valence-corrected chi connectivity index (χ2v) is 7.65. The monoisotopic (exact) mass is 367 g/mol. The van der Waals surface area contributed by atoms with Gasteiger partial charge < -0.3 is 4.74 Å². The van der Waals surface area contributed by atoms with Crippen LogP contribution in [0.15, 0.2) is 54.6 Å². The molecule has 1 aromatic heterocycles. The Morgan fingerprint density at radius 2 is 1.77 bits per heavy atom. The average Bonchev–Trinajstić information content (AvgIpc) is 3.09. The van der Waals surface area contributed by atoms with Crippen LogP contribution >= 0.6 is 11.5 Å². The van der Waals surface area contributed by atoms with Crippen molar-refractivity contribution in [3.8, 4) is 17.1 Å². The van der Waals surface area contributed by atoms with Crippen molar-refractivity contribution in [3.05, 3.63) is 60.2 Å². The zero-order valence-electron chi connectivity index (χ0n) is 15.0. The number of aromatic nitrogens is 2. The standard InChI is InChI=1S/C20H21N3O2S/c1-20(2,3)15-9-11-16(12-10-15)25-13-17(24)21-19-22-18(23-26-19)14-7-5-4-6-8-14/h4-12H,13H2,1-3H3,(H,21,22,23,24). The summed E-state index contributed by atoms with van der Waals surface area (Å²) in [6.07, 6.45) is 0. The fourth-order valence-electron chi connectivity index (χ4n) is 2.33. The summed E-state index contributed by atoms with van der Waals surface area (Å²) < 4.78 is 9.81. The first-order valence-electron chi connectivity index (χ1n) is 8.34. The number of amides is 1. The highest BCUT2D eigenvalue weighted by Crippen LogP contribution is 2.24. The molecule has 0 saturated carbocycles. The van der Waals surface area contributed by atoms with E-state index in [0.29, 0.717) is 16.7 Å². The fraction of sp³-hybridized carbons (Fsp3) is 0.250. The molecule has 3 aromatic rings. The largest absolute Gasteiger partial charge is 0.484 e. The summed E-state index contributed by atoms with van der Waals surface area (Å²) in [6, 6.07) is 17.4. The van der Waals surface area contributed by atoms with Gasteiger partial charge in [-0.25, -0.2) is 0 Å². The van der Waals surface area contributed by atoms with E-state index in [1.54, 1.807) is 0 Å². The van der Waals surface area contributed by atoms with Crippen LogP contribution in [0.25, 0.3) is 11.4 Å². The van der Waals surface area contributed by atoms with E-state index in [4.69, 9.17) is 4.74 Å². The van der Waals surface area contributed by atoms with E-state index in [2.05, 4.69) is 35.4 Å². The Hall–Kier alpha value is -2.73. The number of hydrogen-bond donors (Lipinski definition) is 1. The first-order chi connectivity index (χ1) is 12.4. The van der Waals surface area contributed by atoms with E-state index in [0.717, 1.165) is 17.1 Å². The van der Waals surface area contributed by atoms with E-state index < -0.39 is 0 Å². The summed E-state index contributed by atoms with van der Waals surface area (Å²) in [5, 5.41) is 3.18. The molecule has 6 heteroatoms. The quantitative estimate of drug-likeness (QED) is 0.720. The predicted molar refractivity (Wildman–Crippen MR) is 105 cm³/mol. The minimum Gasteiger partial charge on any atom is -0.484 e. The number of nitrogens with zero attached hydrogens (tertiary/aromatic N) is 2. The smallest absolute Gasteiger partial charge is 0.264 e. The van der Waals surface area contributed by atoms with Crippen LogP contribution < -0.4 is 10.1 Å². The number of benzene rings is 2. The number of anilines is 1. The van der Waals surface area contributed by atoms with E-state index >= 15 is 0 Å². The van der Waals surface area contributed by atoms with Crippen molar-refractivity contribution in [2.24, 2.45) is 0 Å². The molecular formula is C20H21N3O2S. The van der Waals surface area contributed by atoms with Gasteiger partial charge in [0.2, 0.25) is 5.13 Å². The predicted octanol–water partition coefficient (Wildman–Crippen LogP) is 4.52. The molecule has 0 atom stereocenters. The molecule has 1 N–H and O–H groups in total. The van der Waals surface area contributed by atoms with Crippen molar-refractivity contribution >= 4 is 22.6 Å². The lowest BCUT2D eigenvalue weighted by Gasteiger charge is -2.19. The molecule has 0 unspecified atom stereocenters. The summed E-state index contributed by atoms with van der Waals surface area (Å²) in [7, 11) is 0. The topological polar surface area (TPSA) is 64.1 Å². The van der Waals surface area contributed by atoms with Gasteiger partial charge >= 0.3 is 0 Å². The Bertz CT molecular complexity index is 868. The van der Waals surface area contributed by atoms with Gasteiger partial charge in [0, 0.05) is 17.1 Å². The molecule has 0 spiro atoms. The van der Waals surface area contributed by atoms with E-state index in [-0.39, 0.29) is 17.9 Å². The second kappa shape index (κ2) is 7.66. The van der Waals surface area contributed by atoms with Crippen molar-refractivity contribution in [1.29, 1.82) is 0 Å². The number of hydrogen-bond acceptors (Lipinski definition) is 5. The first-order valence-corrected chi connectivity index (χ1v) is 9.11. The lowest BCUT2D eigenvalue weighted by Crippen LogP contribution is -2.20. The molecule has 1 heterocycles. The van der Waals surface area contributed by atoms with Gasteiger partial charge in [-0.2, -0.15) is 9.36 Å². The molecule has 0 aliphatic carbocycles. The number of carbonyl (C=O) groups is 1. The van der Waals surface area contributed by atoms with E-state index in [9.17, 15) is 4.79 Å². The second-order valence-electron chi connectivity index (χ2n) is 6.90. The first kappa shape index (κ1) is 18.1. The molecule has 2 aromatic carbocycles. The average molecular weight is 367 g/mol. The van der Waals surface area contributed by atoms with Crippen LogP contribution in [0, 0.1) is 0 Å². The van der Waals surface area contributed by atoms with Crippen LogP contribution in [-0.4, -0.2) is 21.9 Å². The van der Waals surface area contributed by atoms with Crippen molar-refractivity contribution in [2.75, 3.05) is 11.9 Å². The van der Waals surface area contributed by atoms with Gasteiger partial charge in [0.1, 0.15) is 5.75 Å². The number of rotatable bonds is 5. The number of ether oxygens (including phenoxy) is 1. The van der Waals surface area contributed by atoms with Gasteiger partial charge in [-0.15, -0.1) is 0 Å². The highest BCUT2D eigenvalue weighted by molar-refractivity contribution is 7.10. The third-order valence-corrected chi connectivity index (χ3v) is 4.43. The molecule has 0 aliphatic rings. The summed E-state index contributed by atoms with van der Waals surface area (Å²) in [4.78, 5) is 16.4. The zero-order valence-corrected chi connectivity index (χ0v) is 15.8. The van der Waals surface area contributed by atoms with Gasteiger partial charge in [-0.1, -0.05) is 63.2 Å².